The van der Waals surface area contributed by atoms with Crippen molar-refractivity contribution >= 4 is 23.2 Å². The Hall–Kier alpha value is -2.42. The molecule has 0 spiro atoms. The number of nitrogens with one attached hydrogen (secondary N) is 2. The largest absolute Gasteiger partial charge is 0.356 e. The van der Waals surface area contributed by atoms with Gasteiger partial charge < -0.3 is 20.1 Å². The minimum absolute atomic E-state index is 0.296. The molecular formula is C20H31N7OS. The Morgan fingerprint density at radius 2 is 2.17 bits per heavy atom. The van der Waals surface area contributed by atoms with Crippen LogP contribution < -0.4 is 10.6 Å². The highest BCUT2D eigenvalue weighted by Gasteiger charge is 2.15. The zero-order valence-corrected chi connectivity index (χ0v) is 18.2. The molecule has 1 saturated heterocycles. The van der Waals surface area contributed by atoms with Crippen molar-refractivity contribution in [3.63, 3.8) is 0 Å². The van der Waals surface area contributed by atoms with E-state index in [4.69, 9.17) is 0 Å². The molecule has 1 fully saturated rings. The van der Waals surface area contributed by atoms with Crippen molar-refractivity contribution in [3.05, 3.63) is 34.0 Å². The number of aromatic nitrogens is 3. The van der Waals surface area contributed by atoms with Gasteiger partial charge in [0.1, 0.15) is 12.4 Å². The molecule has 0 aliphatic carbocycles. The van der Waals surface area contributed by atoms with Crippen LogP contribution in [0.1, 0.15) is 48.6 Å². The third-order valence-electron chi connectivity index (χ3n) is 5.14. The number of nitrogens with zero attached hydrogens (tertiary/aromatic N) is 5. The molecule has 1 aliphatic rings. The smallest absolute Gasteiger partial charge is 0.222 e. The van der Waals surface area contributed by atoms with Gasteiger partial charge in [-0.1, -0.05) is 12.5 Å². The summed E-state index contributed by atoms with van der Waals surface area (Å²) < 4.78 is 1.95. The number of rotatable bonds is 8. The second-order valence-corrected chi connectivity index (χ2v) is 8.32. The third kappa shape index (κ3) is 6.56. The summed E-state index contributed by atoms with van der Waals surface area (Å²) in [7, 11) is 1.95. The molecule has 29 heavy (non-hydrogen) atoms. The minimum atomic E-state index is 0.296. The topological polar surface area (TPSA) is 87.4 Å². The van der Waals surface area contributed by atoms with E-state index in [2.05, 4.69) is 37.3 Å². The van der Waals surface area contributed by atoms with Crippen molar-refractivity contribution in [1.82, 2.24) is 30.3 Å². The van der Waals surface area contributed by atoms with Crippen LogP contribution in [0.3, 0.4) is 0 Å². The molecule has 0 unspecified atom stereocenters. The summed E-state index contributed by atoms with van der Waals surface area (Å²) >= 11 is 1.72. The number of aryl methyl sites for hydroxylation is 1. The number of amides is 1. The monoisotopic (exact) mass is 417 g/mol. The van der Waals surface area contributed by atoms with E-state index in [1.165, 1.54) is 4.88 Å². The second kappa shape index (κ2) is 10.9. The van der Waals surface area contributed by atoms with E-state index in [-0.39, 0.29) is 0 Å². The zero-order valence-electron chi connectivity index (χ0n) is 17.4. The van der Waals surface area contributed by atoms with Crippen LogP contribution in [0, 0.1) is 6.92 Å². The van der Waals surface area contributed by atoms with Crippen LogP contribution in [-0.4, -0.2) is 51.2 Å². The Balaban J connectivity index is 1.51. The quantitative estimate of drug-likeness (QED) is 0.391. The normalized spacial score (nSPS) is 15.4. The molecule has 9 heteroatoms. The van der Waals surface area contributed by atoms with Gasteiger partial charge >= 0.3 is 0 Å². The molecule has 0 atom stereocenters. The van der Waals surface area contributed by atoms with Crippen LogP contribution in [0.25, 0.3) is 0 Å². The SMILES string of the molecule is Cc1nnc(CN=C(NCCCN2CCCCCC2=O)NCc2cccs2)n1C. The van der Waals surface area contributed by atoms with Gasteiger partial charge in [-0.05, 0) is 37.6 Å². The summed E-state index contributed by atoms with van der Waals surface area (Å²) in [5.41, 5.74) is 0. The molecular weight excluding hydrogens is 386 g/mol. The van der Waals surface area contributed by atoms with Crippen molar-refractivity contribution in [3.8, 4) is 0 Å². The molecule has 1 amide bonds. The number of carbonyl (C=O) groups is 1. The number of guanidine groups is 1. The summed E-state index contributed by atoms with van der Waals surface area (Å²) in [6, 6.07) is 4.15. The predicted octanol–water partition coefficient (Wildman–Crippen LogP) is 2.21. The summed E-state index contributed by atoms with van der Waals surface area (Å²) in [4.78, 5) is 20.1. The molecule has 3 heterocycles. The van der Waals surface area contributed by atoms with Gasteiger partial charge in [-0.25, -0.2) is 4.99 Å². The van der Waals surface area contributed by atoms with Gasteiger partial charge in [-0.15, -0.1) is 21.5 Å². The Bertz CT molecular complexity index is 800. The van der Waals surface area contributed by atoms with Gasteiger partial charge in [0.05, 0.1) is 6.54 Å². The van der Waals surface area contributed by atoms with Crippen LogP contribution in [-0.2, 0) is 24.9 Å². The molecule has 3 rings (SSSR count). The molecule has 8 nitrogen and oxygen atoms in total. The number of aliphatic imine (C=N–C) groups is 1. The molecule has 0 bridgehead atoms. The summed E-state index contributed by atoms with van der Waals surface area (Å²) in [6.45, 7) is 5.57. The molecule has 0 radical (unpaired) electrons. The van der Waals surface area contributed by atoms with Crippen LogP contribution >= 0.6 is 11.3 Å². The lowest BCUT2D eigenvalue weighted by Gasteiger charge is -2.20. The fourth-order valence-electron chi connectivity index (χ4n) is 3.25. The van der Waals surface area contributed by atoms with Crippen molar-refractivity contribution in [2.75, 3.05) is 19.6 Å². The van der Waals surface area contributed by atoms with Crippen molar-refractivity contribution in [2.24, 2.45) is 12.0 Å². The lowest BCUT2D eigenvalue weighted by Crippen LogP contribution is -2.39. The van der Waals surface area contributed by atoms with Crippen molar-refractivity contribution < 1.29 is 4.79 Å². The van der Waals surface area contributed by atoms with E-state index in [1.54, 1.807) is 11.3 Å². The van der Waals surface area contributed by atoms with E-state index >= 15 is 0 Å². The summed E-state index contributed by atoms with van der Waals surface area (Å²) in [6.07, 6.45) is 4.89. The first kappa shape index (κ1) is 21.3. The number of likely N-dealkylation sites (tertiary alicyclic amines) is 1. The van der Waals surface area contributed by atoms with Gasteiger partial charge in [0.2, 0.25) is 5.91 Å². The summed E-state index contributed by atoms with van der Waals surface area (Å²) in [5.74, 6) is 2.75. The predicted molar refractivity (Wildman–Crippen MR) is 116 cm³/mol. The fourth-order valence-corrected chi connectivity index (χ4v) is 3.89. The van der Waals surface area contributed by atoms with Crippen LogP contribution in [0.15, 0.2) is 22.5 Å². The average Bonchev–Trinajstić information content (AvgIpc) is 3.29. The average molecular weight is 418 g/mol. The summed E-state index contributed by atoms with van der Waals surface area (Å²) in [5, 5.41) is 17.1. The van der Waals surface area contributed by atoms with Crippen molar-refractivity contribution in [1.29, 1.82) is 0 Å². The molecule has 0 saturated carbocycles. The number of hydrogen-bond acceptors (Lipinski definition) is 5. The van der Waals surface area contributed by atoms with Crippen molar-refractivity contribution in [2.45, 2.75) is 52.1 Å². The molecule has 158 valence electrons. The van der Waals surface area contributed by atoms with E-state index in [9.17, 15) is 4.79 Å². The fraction of sp³-hybridized carbons (Fsp3) is 0.600. The Morgan fingerprint density at radius 3 is 2.93 bits per heavy atom. The number of hydrogen-bond donors (Lipinski definition) is 2. The van der Waals surface area contributed by atoms with Gasteiger partial charge in [-0.2, -0.15) is 0 Å². The maximum atomic E-state index is 12.1. The van der Waals surface area contributed by atoms with E-state index in [1.807, 2.05) is 29.5 Å². The van der Waals surface area contributed by atoms with E-state index < -0.39 is 0 Å². The first-order valence-electron chi connectivity index (χ1n) is 10.3. The van der Waals surface area contributed by atoms with Crippen LogP contribution in [0.2, 0.25) is 0 Å². The Labute approximate surface area is 176 Å². The minimum Gasteiger partial charge on any atom is -0.356 e. The van der Waals surface area contributed by atoms with Gasteiger partial charge in [0.15, 0.2) is 11.8 Å². The highest BCUT2D eigenvalue weighted by Crippen LogP contribution is 2.11. The van der Waals surface area contributed by atoms with E-state index in [0.29, 0.717) is 18.9 Å². The molecule has 2 N–H and O–H groups in total. The third-order valence-corrected chi connectivity index (χ3v) is 6.02. The maximum Gasteiger partial charge on any atom is 0.222 e. The highest BCUT2D eigenvalue weighted by molar-refractivity contribution is 7.09. The first-order valence-corrected chi connectivity index (χ1v) is 11.2. The number of thiophene rings is 1. The lowest BCUT2D eigenvalue weighted by atomic mass is 10.2. The van der Waals surface area contributed by atoms with Crippen LogP contribution in [0.4, 0.5) is 0 Å². The van der Waals surface area contributed by atoms with E-state index in [0.717, 1.165) is 69.5 Å². The molecule has 2 aromatic rings. The van der Waals surface area contributed by atoms with Crippen LogP contribution in [0.5, 0.6) is 0 Å². The molecule has 0 aromatic carbocycles. The Morgan fingerprint density at radius 1 is 1.28 bits per heavy atom. The lowest BCUT2D eigenvalue weighted by molar-refractivity contribution is -0.130. The second-order valence-electron chi connectivity index (χ2n) is 7.29. The first-order chi connectivity index (χ1) is 14.1. The maximum absolute atomic E-state index is 12.1. The Kier molecular flexibility index (Phi) is 8.03. The zero-order chi connectivity index (χ0) is 20.5. The molecule has 2 aromatic heterocycles. The number of carbonyl (C=O) groups excluding carboxylic acids is 1. The highest BCUT2D eigenvalue weighted by atomic mass is 32.1. The van der Waals surface area contributed by atoms with Gasteiger partial charge in [0, 0.05) is 38.0 Å². The van der Waals surface area contributed by atoms with Gasteiger partial charge in [-0.3, -0.25) is 4.79 Å². The molecule has 1 aliphatic heterocycles. The standard InChI is InChI=1S/C20H31N7OS/c1-16-24-25-18(26(16)2)15-23-20(22-14-17-8-6-13-29-17)21-10-7-12-27-11-5-3-4-9-19(27)28/h6,8,13H,3-5,7,9-12,14-15H2,1-2H3,(H2,21,22,23). The van der Waals surface area contributed by atoms with Gasteiger partial charge in [0.25, 0.3) is 0 Å².